The fourth-order valence-corrected chi connectivity index (χ4v) is 16.4. The summed E-state index contributed by atoms with van der Waals surface area (Å²) >= 11 is 4.11. The molecule has 0 bridgehead atoms. The van der Waals surface area contributed by atoms with Crippen LogP contribution in [-0.2, 0) is 11.2 Å². The van der Waals surface area contributed by atoms with Crippen LogP contribution in [0.2, 0.25) is 0 Å². The molecule has 4 aromatic rings. The van der Waals surface area contributed by atoms with Crippen LogP contribution in [0.25, 0.3) is 0 Å². The maximum atomic E-state index is 13.9. The molecule has 0 saturated heterocycles. The van der Waals surface area contributed by atoms with Crippen molar-refractivity contribution in [3.63, 3.8) is 0 Å². The molecule has 0 N–H and O–H groups in total. The normalized spacial score (nSPS) is 13.6. The third-order valence-electron chi connectivity index (χ3n) is 6.39. The van der Waals surface area contributed by atoms with Gasteiger partial charge in [-0.3, -0.25) is 0 Å². The Kier molecular flexibility index (Phi) is 7.73. The first-order chi connectivity index (χ1) is 16.1. The molecule has 4 rings (SSSR count). The zero-order chi connectivity index (χ0) is 23.2. The summed E-state index contributed by atoms with van der Waals surface area (Å²) in [5, 5.41) is 4.01. The van der Waals surface area contributed by atoms with Crippen LogP contribution in [0.4, 0.5) is 0 Å². The van der Waals surface area contributed by atoms with Crippen LogP contribution >= 0.6 is 38.0 Å². The van der Waals surface area contributed by atoms with E-state index < -0.39 is 4.25 Å². The van der Waals surface area contributed by atoms with Gasteiger partial charge >= 0.3 is 216 Å². The zero-order valence-corrected chi connectivity index (χ0v) is 22.5. The van der Waals surface area contributed by atoms with Crippen molar-refractivity contribution in [3.8, 4) is 0 Å². The van der Waals surface area contributed by atoms with Crippen LogP contribution in [0.1, 0.15) is 12.0 Å². The van der Waals surface area contributed by atoms with Crippen LogP contribution in [0, 0.1) is 0 Å². The standard InChI is InChI=1S/C29H28IOPS/c1-33-29(31)28(23-22-24-14-6-2-7-15-24)32(30,25-16-8-3-9-17-25,26-18-10-4-11-19-26)27-20-12-5-13-21-27/h2-21,28H,22-23H2,1H3. The number of halogens is 1. The zero-order valence-electron chi connectivity index (χ0n) is 18.7. The molecule has 0 radical (unpaired) electrons. The van der Waals surface area contributed by atoms with Crippen molar-refractivity contribution in [2.45, 2.75) is 18.5 Å². The van der Waals surface area contributed by atoms with E-state index in [1.54, 1.807) is 0 Å². The molecule has 0 heterocycles. The van der Waals surface area contributed by atoms with E-state index in [1.165, 1.54) is 33.2 Å². The van der Waals surface area contributed by atoms with E-state index in [-0.39, 0.29) is 10.8 Å². The fourth-order valence-electron chi connectivity index (χ4n) is 4.79. The summed E-state index contributed by atoms with van der Waals surface area (Å²) in [5.74, 6) is 0. The van der Waals surface area contributed by atoms with Crippen LogP contribution in [0.5, 0.6) is 0 Å². The van der Waals surface area contributed by atoms with Gasteiger partial charge in [0, 0.05) is 0 Å². The molecule has 168 valence electrons. The second kappa shape index (κ2) is 10.5. The van der Waals surface area contributed by atoms with Crippen LogP contribution in [-0.4, -0.2) is 17.0 Å². The van der Waals surface area contributed by atoms with Gasteiger partial charge < -0.3 is 0 Å². The SMILES string of the molecule is CSC(=O)C(CCc1ccccc1)P(I)(c1ccccc1)(c1ccccc1)c1ccccc1. The minimum atomic E-state index is -3.22. The molecular weight excluding hydrogens is 554 g/mol. The van der Waals surface area contributed by atoms with E-state index in [4.69, 9.17) is 0 Å². The molecule has 0 spiro atoms. The quantitative estimate of drug-likeness (QED) is 0.169. The Balaban J connectivity index is 2.04. The first-order valence-electron chi connectivity index (χ1n) is 11.1. The number of hydrogen-bond donors (Lipinski definition) is 0. The van der Waals surface area contributed by atoms with Crippen molar-refractivity contribution in [3.05, 3.63) is 127 Å². The number of benzene rings is 4. The van der Waals surface area contributed by atoms with Gasteiger partial charge in [-0.15, -0.1) is 0 Å². The van der Waals surface area contributed by atoms with Gasteiger partial charge in [0.05, 0.1) is 0 Å². The molecule has 0 saturated carbocycles. The molecule has 0 aliphatic heterocycles. The molecule has 4 heteroatoms. The third-order valence-corrected chi connectivity index (χ3v) is 19.9. The van der Waals surface area contributed by atoms with Gasteiger partial charge in [-0.05, 0) is 0 Å². The molecule has 0 fully saturated rings. The van der Waals surface area contributed by atoms with Crippen LogP contribution in [0.3, 0.4) is 0 Å². The molecule has 0 aliphatic rings. The Hall–Kier alpha value is -1.94. The van der Waals surface area contributed by atoms with E-state index >= 15 is 0 Å². The molecule has 4 aromatic carbocycles. The molecule has 0 amide bonds. The summed E-state index contributed by atoms with van der Waals surface area (Å²) in [6.45, 7) is 0. The van der Waals surface area contributed by atoms with E-state index in [1.807, 2.05) is 12.3 Å². The van der Waals surface area contributed by atoms with Gasteiger partial charge in [0.1, 0.15) is 0 Å². The van der Waals surface area contributed by atoms with Crippen molar-refractivity contribution >= 4 is 59.1 Å². The maximum absolute atomic E-state index is 13.9. The van der Waals surface area contributed by atoms with Gasteiger partial charge in [0.15, 0.2) is 0 Å². The van der Waals surface area contributed by atoms with E-state index in [2.05, 4.69) is 137 Å². The van der Waals surface area contributed by atoms with E-state index in [0.29, 0.717) is 0 Å². The van der Waals surface area contributed by atoms with Gasteiger partial charge in [0.2, 0.25) is 0 Å². The van der Waals surface area contributed by atoms with Crippen molar-refractivity contribution < 1.29 is 4.79 Å². The van der Waals surface area contributed by atoms with Crippen molar-refractivity contribution in [2.75, 3.05) is 6.26 Å². The average molecular weight is 582 g/mol. The predicted molar refractivity (Wildman–Crippen MR) is 156 cm³/mol. The second-order valence-corrected chi connectivity index (χ2v) is 19.3. The monoisotopic (exact) mass is 582 g/mol. The summed E-state index contributed by atoms with van der Waals surface area (Å²) in [5.41, 5.74) is 1.12. The molecule has 0 aliphatic carbocycles. The van der Waals surface area contributed by atoms with Gasteiger partial charge in [0.25, 0.3) is 0 Å². The summed E-state index contributed by atoms with van der Waals surface area (Å²) in [7, 11) is 0. The number of carbonyl (C=O) groups is 1. The Morgan fingerprint density at radius 2 is 1.06 bits per heavy atom. The van der Waals surface area contributed by atoms with E-state index in [9.17, 15) is 4.79 Å². The topological polar surface area (TPSA) is 17.1 Å². The average Bonchev–Trinajstić information content (AvgIpc) is 2.90. The first kappa shape index (κ1) is 24.2. The van der Waals surface area contributed by atoms with Crippen molar-refractivity contribution in [1.29, 1.82) is 0 Å². The summed E-state index contributed by atoms with van der Waals surface area (Å²) in [6.07, 6.45) is 3.59. The molecule has 33 heavy (non-hydrogen) atoms. The Morgan fingerprint density at radius 3 is 1.42 bits per heavy atom. The minimum absolute atomic E-state index is 0.154. The van der Waals surface area contributed by atoms with Gasteiger partial charge in [-0.2, -0.15) is 0 Å². The molecule has 1 atom stereocenters. The number of carbonyl (C=O) groups excluding carboxylic acids is 1. The summed E-state index contributed by atoms with van der Waals surface area (Å²) in [4.78, 5) is 13.9. The van der Waals surface area contributed by atoms with Gasteiger partial charge in [-0.25, -0.2) is 0 Å². The van der Waals surface area contributed by atoms with Crippen molar-refractivity contribution in [2.24, 2.45) is 0 Å². The number of rotatable bonds is 8. The Bertz CT molecular complexity index is 1080. The molecule has 1 nitrogen and oxygen atoms in total. The van der Waals surface area contributed by atoms with E-state index in [0.717, 1.165) is 12.8 Å². The molecular formula is C29H28IOPS. The van der Waals surface area contributed by atoms with Crippen LogP contribution < -0.4 is 15.9 Å². The molecule has 1 unspecified atom stereocenters. The number of thioether (sulfide) groups is 1. The number of hydrogen-bond acceptors (Lipinski definition) is 2. The summed E-state index contributed by atoms with van der Waals surface area (Å²) < 4.78 is -3.22. The fraction of sp³-hybridized carbons (Fsp3) is 0.138. The first-order valence-corrected chi connectivity index (χ1v) is 17.4. The van der Waals surface area contributed by atoms with Gasteiger partial charge in [-0.1, -0.05) is 0 Å². The second-order valence-electron chi connectivity index (χ2n) is 8.14. The predicted octanol–water partition coefficient (Wildman–Crippen LogP) is 6.76. The van der Waals surface area contributed by atoms with Crippen LogP contribution in [0.15, 0.2) is 121 Å². The Labute approximate surface area is 214 Å². The van der Waals surface area contributed by atoms with Crippen molar-refractivity contribution in [1.82, 2.24) is 0 Å². The summed E-state index contributed by atoms with van der Waals surface area (Å²) in [6, 6.07) is 42.8. The number of aryl methyl sites for hydroxylation is 1. The Morgan fingerprint density at radius 1 is 0.697 bits per heavy atom. The molecule has 0 aromatic heterocycles. The third kappa shape index (κ3) is 4.43.